The van der Waals surface area contributed by atoms with Crippen molar-refractivity contribution in [3.05, 3.63) is 35.6 Å². The highest BCUT2D eigenvalue weighted by molar-refractivity contribution is 7.85. The van der Waals surface area contributed by atoms with Gasteiger partial charge in [0.2, 0.25) is 5.95 Å². The van der Waals surface area contributed by atoms with Crippen molar-refractivity contribution in [2.24, 2.45) is 0 Å². The van der Waals surface area contributed by atoms with E-state index < -0.39 is 16.9 Å². The van der Waals surface area contributed by atoms with Crippen LogP contribution in [0.25, 0.3) is 5.57 Å². The molecule has 1 atom stereocenters. The molecular formula is C24H27N7O3S. The van der Waals surface area contributed by atoms with Gasteiger partial charge in [-0.25, -0.2) is 19.7 Å². The lowest BCUT2D eigenvalue weighted by Crippen LogP contribution is -2.54. The third-order valence-corrected chi connectivity index (χ3v) is 8.18. The summed E-state index contributed by atoms with van der Waals surface area (Å²) >= 11 is 0. The molecule has 0 bridgehead atoms. The molecule has 11 heteroatoms. The van der Waals surface area contributed by atoms with Crippen molar-refractivity contribution in [1.29, 1.82) is 0 Å². The van der Waals surface area contributed by atoms with E-state index in [1.54, 1.807) is 12.4 Å². The van der Waals surface area contributed by atoms with E-state index in [2.05, 4.69) is 37.5 Å². The molecule has 4 heterocycles. The van der Waals surface area contributed by atoms with E-state index in [0.717, 1.165) is 37.0 Å². The first-order valence-corrected chi connectivity index (χ1v) is 12.9. The molecule has 0 spiro atoms. The maximum Gasteiger partial charge on any atom is 0.406 e. The van der Waals surface area contributed by atoms with Crippen molar-refractivity contribution in [1.82, 2.24) is 25.3 Å². The molecule has 5 rings (SSSR count). The van der Waals surface area contributed by atoms with E-state index in [-0.39, 0.29) is 5.54 Å². The zero-order valence-corrected chi connectivity index (χ0v) is 20.4. The summed E-state index contributed by atoms with van der Waals surface area (Å²) in [7, 11) is 0.204. The fraction of sp³-hybridized carbons (Fsp3) is 0.458. The van der Waals surface area contributed by atoms with Crippen molar-refractivity contribution in [2.45, 2.75) is 42.5 Å². The van der Waals surface area contributed by atoms with Gasteiger partial charge in [-0.1, -0.05) is 12.0 Å². The highest BCUT2D eigenvalue weighted by Crippen LogP contribution is 2.38. The molecule has 1 fully saturated rings. The van der Waals surface area contributed by atoms with Gasteiger partial charge in [-0.15, -0.1) is 6.42 Å². The molecule has 35 heavy (non-hydrogen) atoms. The Morgan fingerprint density at radius 2 is 2.09 bits per heavy atom. The number of rotatable bonds is 6. The minimum absolute atomic E-state index is 0.336. The number of aryl methyl sites for hydroxylation is 1. The van der Waals surface area contributed by atoms with E-state index in [1.165, 1.54) is 7.11 Å². The highest BCUT2D eigenvalue weighted by atomic mass is 32.2. The largest absolute Gasteiger partial charge is 0.453 e. The molecule has 2 N–H and O–H groups in total. The van der Waals surface area contributed by atoms with Gasteiger partial charge >= 0.3 is 6.09 Å². The zero-order chi connectivity index (χ0) is 24.4. The fourth-order valence-corrected chi connectivity index (χ4v) is 5.85. The Hall–Kier alpha value is -3.52. The topological polar surface area (TPSA) is 122 Å². The molecular weight excluding hydrogens is 466 g/mol. The third kappa shape index (κ3) is 4.71. The minimum atomic E-state index is -1.14. The Balaban J connectivity index is 1.38. The van der Waals surface area contributed by atoms with Crippen LogP contribution in [0.1, 0.15) is 42.8 Å². The van der Waals surface area contributed by atoms with Crippen molar-refractivity contribution in [3.63, 3.8) is 0 Å². The summed E-state index contributed by atoms with van der Waals surface area (Å²) in [6.45, 7) is 1.74. The third-order valence-electron chi connectivity index (χ3n) is 6.72. The van der Waals surface area contributed by atoms with Crippen molar-refractivity contribution in [3.8, 4) is 12.3 Å². The summed E-state index contributed by atoms with van der Waals surface area (Å²) in [4.78, 5) is 32.8. The second-order valence-corrected chi connectivity index (χ2v) is 10.4. The summed E-state index contributed by atoms with van der Waals surface area (Å²) in [6, 6.07) is 0. The summed E-state index contributed by atoms with van der Waals surface area (Å²) in [5.74, 6) is 4.98. The number of nitrogens with zero attached hydrogens (tertiary/aromatic N) is 5. The first-order valence-electron chi connectivity index (χ1n) is 11.6. The van der Waals surface area contributed by atoms with E-state index >= 15 is 0 Å². The number of methoxy groups -OCH3 is 1. The second kappa shape index (κ2) is 9.62. The number of nitrogens with one attached hydrogen (secondary N) is 2. The highest BCUT2D eigenvalue weighted by Gasteiger charge is 2.40. The Labute approximate surface area is 206 Å². The van der Waals surface area contributed by atoms with Gasteiger partial charge in [0, 0.05) is 44.2 Å². The Morgan fingerprint density at radius 1 is 1.29 bits per heavy atom. The van der Waals surface area contributed by atoms with Crippen LogP contribution in [0.15, 0.2) is 23.4 Å². The molecule has 0 unspecified atom stereocenters. The number of aromatic nitrogens is 4. The smallest absolute Gasteiger partial charge is 0.406 e. The lowest BCUT2D eigenvalue weighted by atomic mass is 9.76. The lowest BCUT2D eigenvalue weighted by Gasteiger charge is -2.43. The van der Waals surface area contributed by atoms with Crippen molar-refractivity contribution in [2.75, 3.05) is 42.7 Å². The Bertz CT molecular complexity index is 1230. The van der Waals surface area contributed by atoms with Gasteiger partial charge in [-0.2, -0.15) is 4.98 Å². The number of ether oxygens (including phenoxy) is 1. The SMILES string of the molecule is C#Cc1cnc(C2=CCN(c3nc4c(c(NC5(CNC(=O)OC)CCC5)n3)[S@@](=O)CC4)CC2)nc1. The van der Waals surface area contributed by atoms with Crippen LogP contribution in [0.2, 0.25) is 0 Å². The molecule has 2 aromatic rings. The van der Waals surface area contributed by atoms with Crippen molar-refractivity contribution < 1.29 is 13.7 Å². The van der Waals surface area contributed by atoms with Gasteiger partial charge in [0.05, 0.1) is 34.7 Å². The van der Waals surface area contributed by atoms with Gasteiger partial charge in [0.15, 0.2) is 5.82 Å². The molecule has 1 amide bonds. The average molecular weight is 494 g/mol. The van der Waals surface area contributed by atoms with Gasteiger partial charge in [0.25, 0.3) is 0 Å². The Kier molecular flexibility index (Phi) is 6.38. The number of anilines is 2. The Morgan fingerprint density at radius 3 is 2.71 bits per heavy atom. The standard InChI is InChI=1S/C24H27N7O3S/c1-3-16-13-25-20(26-14-16)17-5-10-31(11-6-17)22-28-18-7-12-35(33)19(18)21(29-22)30-24(8-4-9-24)15-27-23(32)34-2/h1,5,13-14H,4,6-12,15H2,2H3,(H,27,32)(H,28,29,30)/t35-/m0/s1. The van der Waals surface area contributed by atoms with Gasteiger partial charge in [-0.05, 0) is 31.3 Å². The van der Waals surface area contributed by atoms with Crippen LogP contribution >= 0.6 is 0 Å². The molecule has 3 aliphatic rings. The molecule has 2 aliphatic heterocycles. The number of carbonyl (C=O) groups is 1. The number of hydrogen-bond donors (Lipinski definition) is 2. The first-order chi connectivity index (χ1) is 17.0. The predicted molar refractivity (Wildman–Crippen MR) is 132 cm³/mol. The van der Waals surface area contributed by atoms with Crippen LogP contribution in [-0.4, -0.2) is 68.3 Å². The molecule has 0 aromatic carbocycles. The van der Waals surface area contributed by atoms with E-state index in [0.29, 0.717) is 59.9 Å². The molecule has 1 aliphatic carbocycles. The number of amides is 1. The second-order valence-electron chi connectivity index (χ2n) is 8.92. The quantitative estimate of drug-likeness (QED) is 0.581. The summed E-state index contributed by atoms with van der Waals surface area (Å²) in [5, 5.41) is 6.33. The van der Waals surface area contributed by atoms with Gasteiger partial charge in [-0.3, -0.25) is 4.21 Å². The summed E-state index contributed by atoms with van der Waals surface area (Å²) < 4.78 is 17.5. The van der Waals surface area contributed by atoms with E-state index in [1.807, 2.05) is 0 Å². The molecule has 2 aromatic heterocycles. The fourth-order valence-electron chi connectivity index (χ4n) is 4.55. The van der Waals surface area contributed by atoms with Crippen LogP contribution in [-0.2, 0) is 22.0 Å². The molecule has 10 nitrogen and oxygen atoms in total. The van der Waals surface area contributed by atoms with Gasteiger partial charge < -0.3 is 20.3 Å². The van der Waals surface area contributed by atoms with E-state index in [4.69, 9.17) is 21.1 Å². The maximum absolute atomic E-state index is 12.8. The predicted octanol–water partition coefficient (Wildman–Crippen LogP) is 1.90. The van der Waals surface area contributed by atoms with Crippen LogP contribution in [0.5, 0.6) is 0 Å². The van der Waals surface area contributed by atoms with Crippen LogP contribution < -0.4 is 15.5 Å². The number of alkyl carbamates (subject to hydrolysis) is 1. The maximum atomic E-state index is 12.8. The lowest BCUT2D eigenvalue weighted by molar-refractivity contribution is 0.163. The van der Waals surface area contributed by atoms with Crippen LogP contribution in [0.4, 0.5) is 16.6 Å². The molecule has 0 saturated heterocycles. The average Bonchev–Trinajstić information content (AvgIpc) is 3.26. The number of fused-ring (bicyclic) bond motifs is 1. The van der Waals surface area contributed by atoms with Gasteiger partial charge in [0.1, 0.15) is 10.7 Å². The molecule has 1 saturated carbocycles. The minimum Gasteiger partial charge on any atom is -0.453 e. The van der Waals surface area contributed by atoms with Crippen LogP contribution in [0, 0.1) is 12.3 Å². The first kappa shape index (κ1) is 23.2. The van der Waals surface area contributed by atoms with E-state index in [9.17, 15) is 9.00 Å². The van der Waals surface area contributed by atoms with Crippen molar-refractivity contribution >= 4 is 34.2 Å². The summed E-state index contributed by atoms with van der Waals surface area (Å²) in [5.41, 5.74) is 2.21. The number of carbonyl (C=O) groups excluding carboxylic acids is 1. The molecule has 0 radical (unpaired) electrons. The zero-order valence-electron chi connectivity index (χ0n) is 19.5. The van der Waals surface area contributed by atoms with Crippen LogP contribution in [0.3, 0.4) is 0 Å². The molecule has 182 valence electrons. The number of terminal acetylenes is 1. The summed E-state index contributed by atoms with van der Waals surface area (Å²) in [6.07, 6.45) is 14.5. The normalized spacial score (nSPS) is 20.2. The number of hydrogen-bond acceptors (Lipinski definition) is 9. The monoisotopic (exact) mass is 493 g/mol.